The number of carbonyl (C=O) groups excluding carboxylic acids is 1. The zero-order chi connectivity index (χ0) is 14.2. The number of carbonyl (C=O) groups is 1. The number of piperidine rings is 1. The van der Waals surface area contributed by atoms with Crippen molar-refractivity contribution in [2.75, 3.05) is 18.0 Å². The molecule has 1 aliphatic rings. The number of ketones is 1. The maximum Gasteiger partial charge on any atom is 0.136 e. The normalized spacial score (nSPS) is 15.8. The zero-order valence-corrected chi connectivity index (χ0v) is 11.9. The summed E-state index contributed by atoms with van der Waals surface area (Å²) in [5, 5.41) is 5.10. The Hall–Kier alpha value is -2.35. The molecule has 0 aliphatic carbocycles. The molecule has 0 bridgehead atoms. The second-order valence-electron chi connectivity index (χ2n) is 5.69. The molecule has 0 N–H and O–H groups in total. The van der Waals surface area contributed by atoms with Crippen LogP contribution in [-0.2, 0) is 4.79 Å². The highest BCUT2D eigenvalue weighted by atomic mass is 16.1. The largest absolute Gasteiger partial charge is 0.370 e. The van der Waals surface area contributed by atoms with E-state index in [9.17, 15) is 4.79 Å². The van der Waals surface area contributed by atoms with E-state index in [-0.39, 0.29) is 0 Å². The smallest absolute Gasteiger partial charge is 0.136 e. The van der Waals surface area contributed by atoms with Gasteiger partial charge in [0.2, 0.25) is 0 Å². The van der Waals surface area contributed by atoms with E-state index in [1.807, 2.05) is 0 Å². The Labute approximate surface area is 124 Å². The Morgan fingerprint density at radius 2 is 1.29 bits per heavy atom. The molecular formula is C19H17NO. The predicted octanol–water partition coefficient (Wildman–Crippen LogP) is 4.16. The minimum atomic E-state index is 0.385. The highest BCUT2D eigenvalue weighted by Gasteiger charge is 2.20. The van der Waals surface area contributed by atoms with Gasteiger partial charge in [0.25, 0.3) is 0 Å². The van der Waals surface area contributed by atoms with E-state index in [2.05, 4.69) is 59.5 Å². The number of hydrogen-bond donors (Lipinski definition) is 0. The van der Waals surface area contributed by atoms with Gasteiger partial charge in [-0.15, -0.1) is 0 Å². The van der Waals surface area contributed by atoms with Crippen molar-refractivity contribution in [3.05, 3.63) is 54.6 Å². The van der Waals surface area contributed by atoms with Crippen molar-refractivity contribution in [1.82, 2.24) is 0 Å². The average Bonchev–Trinajstić information content (AvgIpc) is 2.53. The Balaban J connectivity index is 2.00. The number of Topliss-reactive ketones (excluding diaryl/α,β-unsaturated/α-hetero) is 1. The summed E-state index contributed by atoms with van der Waals surface area (Å²) in [5.41, 5.74) is 1.29. The summed E-state index contributed by atoms with van der Waals surface area (Å²) >= 11 is 0. The molecule has 0 saturated carbocycles. The van der Waals surface area contributed by atoms with E-state index in [0.717, 1.165) is 13.1 Å². The lowest BCUT2D eigenvalue weighted by molar-refractivity contribution is -0.119. The summed E-state index contributed by atoms with van der Waals surface area (Å²) in [6, 6.07) is 19.3. The zero-order valence-electron chi connectivity index (χ0n) is 11.9. The lowest BCUT2D eigenvalue weighted by atomic mass is 9.98. The van der Waals surface area contributed by atoms with Crippen LogP contribution in [0, 0.1) is 0 Å². The first-order chi connectivity index (χ1) is 10.3. The van der Waals surface area contributed by atoms with Gasteiger partial charge in [0.15, 0.2) is 0 Å². The lowest BCUT2D eigenvalue weighted by Crippen LogP contribution is -2.33. The van der Waals surface area contributed by atoms with E-state index in [4.69, 9.17) is 0 Å². The fraction of sp³-hybridized carbons (Fsp3) is 0.211. The molecule has 4 rings (SSSR count). The topological polar surface area (TPSA) is 20.3 Å². The second kappa shape index (κ2) is 4.88. The molecule has 0 unspecified atom stereocenters. The van der Waals surface area contributed by atoms with Gasteiger partial charge in [-0.3, -0.25) is 4.79 Å². The molecule has 1 heterocycles. The van der Waals surface area contributed by atoms with E-state index in [1.54, 1.807) is 0 Å². The maximum atomic E-state index is 11.5. The standard InChI is InChI=1S/C19H17NO/c21-16-9-11-20(12-10-16)19-17-7-3-1-5-14(17)13-15-6-2-4-8-18(15)19/h1-8,13H,9-12H2. The molecule has 0 amide bonds. The van der Waals surface area contributed by atoms with Gasteiger partial charge < -0.3 is 4.90 Å². The van der Waals surface area contributed by atoms with Crippen LogP contribution in [0.25, 0.3) is 21.5 Å². The van der Waals surface area contributed by atoms with Gasteiger partial charge >= 0.3 is 0 Å². The highest BCUT2D eigenvalue weighted by molar-refractivity contribution is 6.11. The molecule has 104 valence electrons. The molecule has 21 heavy (non-hydrogen) atoms. The average molecular weight is 275 g/mol. The minimum Gasteiger partial charge on any atom is -0.370 e. The van der Waals surface area contributed by atoms with Crippen LogP contribution in [-0.4, -0.2) is 18.9 Å². The monoisotopic (exact) mass is 275 g/mol. The third-order valence-corrected chi connectivity index (χ3v) is 4.38. The lowest BCUT2D eigenvalue weighted by Gasteiger charge is -2.30. The quantitative estimate of drug-likeness (QED) is 0.621. The van der Waals surface area contributed by atoms with E-state index < -0.39 is 0 Å². The molecule has 0 radical (unpaired) electrons. The first-order valence-electron chi connectivity index (χ1n) is 7.50. The Morgan fingerprint density at radius 3 is 1.86 bits per heavy atom. The summed E-state index contributed by atoms with van der Waals surface area (Å²) in [6.07, 6.45) is 1.33. The fourth-order valence-corrected chi connectivity index (χ4v) is 3.31. The number of rotatable bonds is 1. The van der Waals surface area contributed by atoms with Crippen molar-refractivity contribution in [3.8, 4) is 0 Å². The molecule has 2 nitrogen and oxygen atoms in total. The molecular weight excluding hydrogens is 258 g/mol. The number of hydrogen-bond acceptors (Lipinski definition) is 2. The maximum absolute atomic E-state index is 11.5. The third kappa shape index (κ3) is 2.07. The summed E-state index contributed by atoms with van der Waals surface area (Å²) < 4.78 is 0. The predicted molar refractivity (Wildman–Crippen MR) is 87.9 cm³/mol. The van der Waals surface area contributed by atoms with E-state index >= 15 is 0 Å². The summed E-state index contributed by atoms with van der Waals surface area (Å²) in [4.78, 5) is 13.9. The van der Waals surface area contributed by atoms with Crippen LogP contribution >= 0.6 is 0 Å². The first kappa shape index (κ1) is 12.4. The van der Waals surface area contributed by atoms with Crippen LogP contribution in [0.1, 0.15) is 12.8 Å². The number of nitrogens with zero attached hydrogens (tertiary/aromatic N) is 1. The second-order valence-corrected chi connectivity index (χ2v) is 5.69. The molecule has 1 aliphatic heterocycles. The Morgan fingerprint density at radius 1 is 0.762 bits per heavy atom. The first-order valence-corrected chi connectivity index (χ1v) is 7.50. The number of anilines is 1. The minimum absolute atomic E-state index is 0.385. The van der Waals surface area contributed by atoms with Crippen LogP contribution in [0.3, 0.4) is 0 Å². The van der Waals surface area contributed by atoms with Crippen LogP contribution < -0.4 is 4.90 Å². The van der Waals surface area contributed by atoms with Gasteiger partial charge in [-0.05, 0) is 16.8 Å². The van der Waals surface area contributed by atoms with Crippen molar-refractivity contribution >= 4 is 33.0 Å². The molecule has 1 fully saturated rings. The molecule has 0 aromatic heterocycles. The van der Waals surface area contributed by atoms with Crippen LogP contribution in [0.5, 0.6) is 0 Å². The molecule has 0 atom stereocenters. The fourth-order valence-electron chi connectivity index (χ4n) is 3.31. The molecule has 0 spiro atoms. The van der Waals surface area contributed by atoms with Gasteiger partial charge in [0, 0.05) is 36.7 Å². The molecule has 2 heteroatoms. The molecule has 1 saturated heterocycles. The van der Waals surface area contributed by atoms with E-state index in [1.165, 1.54) is 27.2 Å². The third-order valence-electron chi connectivity index (χ3n) is 4.38. The van der Waals surface area contributed by atoms with Crippen molar-refractivity contribution < 1.29 is 4.79 Å². The highest BCUT2D eigenvalue weighted by Crippen LogP contribution is 2.36. The van der Waals surface area contributed by atoms with E-state index in [0.29, 0.717) is 18.6 Å². The Kier molecular flexibility index (Phi) is 2.88. The summed E-state index contributed by atoms with van der Waals surface area (Å²) in [6.45, 7) is 1.66. The SMILES string of the molecule is O=C1CCN(c2c3ccccc3cc3ccccc23)CC1. The van der Waals surface area contributed by atoms with Crippen molar-refractivity contribution in [2.24, 2.45) is 0 Å². The van der Waals surface area contributed by atoms with Crippen molar-refractivity contribution in [1.29, 1.82) is 0 Å². The molecule has 3 aromatic rings. The molecule has 3 aromatic carbocycles. The van der Waals surface area contributed by atoms with Crippen LogP contribution in [0.15, 0.2) is 54.6 Å². The van der Waals surface area contributed by atoms with Crippen molar-refractivity contribution in [2.45, 2.75) is 12.8 Å². The van der Waals surface area contributed by atoms with Gasteiger partial charge in [-0.1, -0.05) is 48.5 Å². The van der Waals surface area contributed by atoms with Crippen molar-refractivity contribution in [3.63, 3.8) is 0 Å². The van der Waals surface area contributed by atoms with Gasteiger partial charge in [-0.25, -0.2) is 0 Å². The van der Waals surface area contributed by atoms with Gasteiger partial charge in [-0.2, -0.15) is 0 Å². The van der Waals surface area contributed by atoms with Crippen LogP contribution in [0.2, 0.25) is 0 Å². The number of fused-ring (bicyclic) bond motifs is 2. The van der Waals surface area contributed by atoms with Gasteiger partial charge in [0.1, 0.15) is 5.78 Å². The number of benzene rings is 3. The van der Waals surface area contributed by atoms with Gasteiger partial charge in [0.05, 0.1) is 5.69 Å². The summed E-state index contributed by atoms with van der Waals surface area (Å²) in [5.74, 6) is 0.385. The Bertz CT molecular complexity index is 773. The summed E-state index contributed by atoms with van der Waals surface area (Å²) in [7, 11) is 0. The van der Waals surface area contributed by atoms with Crippen LogP contribution in [0.4, 0.5) is 5.69 Å².